The zero-order chi connectivity index (χ0) is 30.2. The Morgan fingerprint density at radius 3 is 2.77 bits per heavy atom. The average molecular weight is 673 g/mol. The number of aromatic nitrogens is 2. The van der Waals surface area contributed by atoms with Crippen molar-refractivity contribution in [3.05, 3.63) is 101 Å². The van der Waals surface area contributed by atoms with Crippen molar-refractivity contribution in [3.63, 3.8) is 0 Å². The van der Waals surface area contributed by atoms with Crippen LogP contribution in [0.5, 0.6) is 5.75 Å². The maximum Gasteiger partial charge on any atom is 0.338 e. The number of nitrogens with zero attached hydrogens (tertiary/aromatic N) is 3. The molecule has 2 aromatic carbocycles. The summed E-state index contributed by atoms with van der Waals surface area (Å²) >= 11 is 17.1. The van der Waals surface area contributed by atoms with Gasteiger partial charge in [0.15, 0.2) is 14.2 Å². The molecule has 220 valence electrons. The fraction of sp³-hybridized carbons (Fsp3) is 0.200. The monoisotopic (exact) mass is 671 g/mol. The topological polar surface area (TPSA) is 95.9 Å². The Morgan fingerprint density at radius 1 is 1.14 bits per heavy atom. The first-order chi connectivity index (χ1) is 20.8. The van der Waals surface area contributed by atoms with Crippen LogP contribution in [0, 0.1) is 0 Å². The first kappa shape index (κ1) is 29.7. The molecule has 1 atom stereocenters. The van der Waals surface area contributed by atoms with E-state index in [-0.39, 0.29) is 22.8 Å². The van der Waals surface area contributed by atoms with Gasteiger partial charge < -0.3 is 13.9 Å². The van der Waals surface area contributed by atoms with Gasteiger partial charge in [-0.3, -0.25) is 9.36 Å². The van der Waals surface area contributed by atoms with Crippen LogP contribution in [-0.4, -0.2) is 28.7 Å². The number of furan rings is 1. The maximum atomic E-state index is 13.9. The molecular formula is C30H23Cl2N3O5S3. The fourth-order valence-electron chi connectivity index (χ4n) is 4.68. The average Bonchev–Trinajstić information content (AvgIpc) is 3.67. The molecule has 0 bridgehead atoms. The van der Waals surface area contributed by atoms with Crippen LogP contribution in [0.1, 0.15) is 38.1 Å². The molecule has 13 heteroatoms. The zero-order valence-electron chi connectivity index (χ0n) is 23.1. The van der Waals surface area contributed by atoms with Gasteiger partial charge in [0.05, 0.1) is 49.3 Å². The van der Waals surface area contributed by atoms with Gasteiger partial charge in [-0.2, -0.15) is 0 Å². The molecule has 1 aliphatic rings. The van der Waals surface area contributed by atoms with E-state index in [9.17, 15) is 9.59 Å². The summed E-state index contributed by atoms with van der Waals surface area (Å²) in [7, 11) is 0. The second-order valence-corrected chi connectivity index (χ2v) is 13.3. The molecule has 0 amide bonds. The number of hydrogen-bond donors (Lipinski definition) is 0. The summed E-state index contributed by atoms with van der Waals surface area (Å²) in [5, 5.41) is 1.19. The predicted octanol–water partition coefficient (Wildman–Crippen LogP) is 6.86. The summed E-state index contributed by atoms with van der Waals surface area (Å²) in [5.74, 6) is 0.725. The first-order valence-electron chi connectivity index (χ1n) is 13.2. The number of fused-ring (bicyclic) bond motifs is 2. The Morgan fingerprint density at radius 2 is 1.98 bits per heavy atom. The molecule has 0 spiro atoms. The molecule has 0 fully saturated rings. The minimum atomic E-state index is -0.867. The fourth-order valence-corrected chi connectivity index (χ4v) is 8.12. The molecule has 0 radical (unpaired) electrons. The third kappa shape index (κ3) is 5.80. The van der Waals surface area contributed by atoms with Crippen molar-refractivity contribution >= 4 is 79.9 Å². The van der Waals surface area contributed by atoms with Crippen LogP contribution in [0.25, 0.3) is 16.3 Å². The van der Waals surface area contributed by atoms with Crippen molar-refractivity contribution in [3.8, 4) is 5.75 Å². The number of halogens is 2. The number of carbonyl (C=O) groups is 1. The second-order valence-electron chi connectivity index (χ2n) is 9.25. The highest BCUT2D eigenvalue weighted by Gasteiger charge is 2.35. The third-order valence-electron chi connectivity index (χ3n) is 6.51. The largest absolute Gasteiger partial charge is 0.494 e. The van der Waals surface area contributed by atoms with E-state index in [1.165, 1.54) is 27.7 Å². The van der Waals surface area contributed by atoms with Crippen molar-refractivity contribution in [2.45, 2.75) is 36.2 Å². The number of allylic oxidation sites excluding steroid dienone is 1. The number of ether oxygens (including phenoxy) is 2. The number of benzene rings is 2. The van der Waals surface area contributed by atoms with Gasteiger partial charge >= 0.3 is 5.97 Å². The number of rotatable bonds is 8. The Balaban J connectivity index is 1.37. The van der Waals surface area contributed by atoms with Crippen molar-refractivity contribution in [1.29, 1.82) is 0 Å². The summed E-state index contributed by atoms with van der Waals surface area (Å²) in [6, 6.07) is 13.7. The smallest absolute Gasteiger partial charge is 0.338 e. The van der Waals surface area contributed by atoms with E-state index in [0.717, 1.165) is 20.3 Å². The van der Waals surface area contributed by atoms with Gasteiger partial charge in [0.25, 0.3) is 5.56 Å². The van der Waals surface area contributed by atoms with Crippen LogP contribution in [0.4, 0.5) is 0 Å². The van der Waals surface area contributed by atoms with Gasteiger partial charge in [-0.1, -0.05) is 46.7 Å². The predicted molar refractivity (Wildman–Crippen MR) is 170 cm³/mol. The molecule has 4 heterocycles. The maximum absolute atomic E-state index is 13.9. The lowest BCUT2D eigenvalue weighted by Gasteiger charge is -2.25. The summed E-state index contributed by atoms with van der Waals surface area (Å²) in [5.41, 5.74) is 1.70. The summed E-state index contributed by atoms with van der Waals surface area (Å²) in [6.07, 6.45) is 1.67. The first-order valence-corrected chi connectivity index (χ1v) is 16.4. The van der Waals surface area contributed by atoms with Crippen LogP contribution in [0.15, 0.2) is 83.4 Å². The van der Waals surface area contributed by atoms with Crippen LogP contribution in [0.2, 0.25) is 10.0 Å². The third-order valence-corrected chi connectivity index (χ3v) is 10.3. The van der Waals surface area contributed by atoms with Crippen molar-refractivity contribution in [1.82, 2.24) is 9.55 Å². The van der Waals surface area contributed by atoms with Crippen LogP contribution in [0.3, 0.4) is 0 Å². The number of hydrogen-bond acceptors (Lipinski definition) is 10. The normalized spacial score (nSPS) is 15.1. The van der Waals surface area contributed by atoms with Gasteiger partial charge in [-0.25, -0.2) is 14.8 Å². The lowest BCUT2D eigenvalue weighted by Crippen LogP contribution is -2.40. The molecular weight excluding hydrogens is 649 g/mol. The van der Waals surface area contributed by atoms with E-state index < -0.39 is 12.0 Å². The van der Waals surface area contributed by atoms with Gasteiger partial charge in [-0.05, 0) is 68.9 Å². The Bertz CT molecular complexity index is 2090. The molecule has 8 nitrogen and oxygen atoms in total. The molecule has 0 saturated carbocycles. The number of thiazole rings is 2. The number of esters is 1. The lowest BCUT2D eigenvalue weighted by atomic mass is 9.96. The molecule has 0 saturated heterocycles. The molecule has 0 N–H and O–H groups in total. The van der Waals surface area contributed by atoms with Crippen LogP contribution >= 0.6 is 57.6 Å². The van der Waals surface area contributed by atoms with E-state index in [4.69, 9.17) is 37.1 Å². The van der Waals surface area contributed by atoms with Crippen LogP contribution < -0.4 is 19.6 Å². The van der Waals surface area contributed by atoms with E-state index in [1.807, 2.05) is 31.2 Å². The molecule has 5 aromatic rings. The van der Waals surface area contributed by atoms with E-state index in [1.54, 1.807) is 55.5 Å². The SMILES string of the molecule is CCOC(=O)C1=C(C)N=c2s/c(=C\c3ccc(Sc4nc5ccc(OCC)cc5s4)o3)c(=O)n2[C@@H]1c1cccc(Cl)c1Cl. The van der Waals surface area contributed by atoms with Gasteiger partial charge in [0, 0.05) is 11.6 Å². The summed E-state index contributed by atoms with van der Waals surface area (Å²) < 4.78 is 20.7. The van der Waals surface area contributed by atoms with E-state index in [0.29, 0.717) is 43.1 Å². The quantitative estimate of drug-likeness (QED) is 0.166. The highest BCUT2D eigenvalue weighted by molar-refractivity contribution is 8.01. The highest BCUT2D eigenvalue weighted by atomic mass is 35.5. The van der Waals surface area contributed by atoms with Gasteiger partial charge in [0.1, 0.15) is 17.6 Å². The van der Waals surface area contributed by atoms with E-state index in [2.05, 4.69) is 9.98 Å². The van der Waals surface area contributed by atoms with Crippen molar-refractivity contribution in [2.75, 3.05) is 13.2 Å². The van der Waals surface area contributed by atoms with Crippen molar-refractivity contribution in [2.24, 2.45) is 4.99 Å². The molecule has 3 aromatic heterocycles. The highest BCUT2D eigenvalue weighted by Crippen LogP contribution is 2.38. The minimum Gasteiger partial charge on any atom is -0.494 e. The lowest BCUT2D eigenvalue weighted by molar-refractivity contribution is -0.139. The molecule has 6 rings (SSSR count). The van der Waals surface area contributed by atoms with E-state index >= 15 is 0 Å². The second kappa shape index (κ2) is 12.3. The van der Waals surface area contributed by atoms with Crippen LogP contribution in [-0.2, 0) is 9.53 Å². The summed E-state index contributed by atoms with van der Waals surface area (Å²) in [4.78, 5) is 36.7. The van der Waals surface area contributed by atoms with Gasteiger partial charge in [-0.15, -0.1) is 11.3 Å². The van der Waals surface area contributed by atoms with Gasteiger partial charge in [0.2, 0.25) is 0 Å². The molecule has 0 aliphatic carbocycles. The molecule has 0 unspecified atom stereocenters. The Kier molecular flexibility index (Phi) is 8.52. The zero-order valence-corrected chi connectivity index (χ0v) is 27.0. The Labute approximate surface area is 267 Å². The number of carbonyl (C=O) groups excluding carboxylic acids is 1. The Hall–Kier alpha value is -3.35. The standard InChI is InChI=1S/C30H23Cl2N3O5S3/c1-4-38-16-9-11-20-21(13-16)42-30(34-20)43-23-12-10-17(40-23)14-22-27(36)35-26(18-7-6-8-19(31)25(18)32)24(28(37)39-5-2)15(3)33-29(35)41-22/h6-14,26H,4-5H2,1-3H3/b22-14-/t26-/m1/s1. The summed E-state index contributed by atoms with van der Waals surface area (Å²) in [6.45, 7) is 6.14. The molecule has 43 heavy (non-hydrogen) atoms. The van der Waals surface area contributed by atoms with Crippen molar-refractivity contribution < 1.29 is 18.7 Å². The molecule has 1 aliphatic heterocycles. The minimum absolute atomic E-state index is 0.167.